The van der Waals surface area contributed by atoms with Crippen LogP contribution in [0.4, 0.5) is 5.69 Å². The van der Waals surface area contributed by atoms with Gasteiger partial charge in [-0.2, -0.15) is 0 Å². The second kappa shape index (κ2) is 11.0. The quantitative estimate of drug-likeness (QED) is 0.767. The van der Waals surface area contributed by atoms with Gasteiger partial charge in [0.15, 0.2) is 0 Å². The first-order valence-electron chi connectivity index (χ1n) is 9.13. The lowest BCUT2D eigenvalue weighted by atomic mass is 10.0. The van der Waals surface area contributed by atoms with Crippen molar-refractivity contribution >= 4 is 36.4 Å². The summed E-state index contributed by atoms with van der Waals surface area (Å²) in [6, 6.07) is 5.54. The van der Waals surface area contributed by atoms with E-state index in [0.29, 0.717) is 11.8 Å². The minimum atomic E-state index is 0. The van der Waals surface area contributed by atoms with Gasteiger partial charge in [-0.05, 0) is 63.4 Å². The molecule has 5 nitrogen and oxygen atoms in total. The molecule has 148 valence electrons. The molecule has 0 unspecified atom stereocenters. The topological polar surface area (TPSA) is 58.8 Å². The zero-order valence-corrected chi connectivity index (χ0v) is 17.1. The number of carbonyl (C=O) groups excluding carboxylic acids is 1. The maximum Gasteiger partial charge on any atom is 0.254 e. The molecule has 3 rings (SSSR count). The van der Waals surface area contributed by atoms with E-state index in [-0.39, 0.29) is 30.7 Å². The molecule has 2 saturated heterocycles. The average Bonchev–Trinajstić information content (AvgIpc) is 3.10. The number of piperidine rings is 1. The fraction of sp³-hybridized carbons (Fsp3) is 0.632. The number of nitrogens with two attached hydrogens (primary N) is 1. The molecule has 2 heterocycles. The number of hydrogen-bond acceptors (Lipinski definition) is 4. The van der Waals surface area contributed by atoms with E-state index in [4.69, 9.17) is 10.5 Å². The van der Waals surface area contributed by atoms with Crippen molar-refractivity contribution in [2.45, 2.75) is 38.7 Å². The third-order valence-corrected chi connectivity index (χ3v) is 5.18. The number of nitrogens with zero attached hydrogens (tertiary/aromatic N) is 2. The van der Waals surface area contributed by atoms with E-state index in [1.807, 2.05) is 24.0 Å². The summed E-state index contributed by atoms with van der Waals surface area (Å²) >= 11 is 0. The number of hydrogen-bond donors (Lipinski definition) is 1. The third-order valence-electron chi connectivity index (χ3n) is 5.18. The lowest BCUT2D eigenvalue weighted by Gasteiger charge is -2.32. The molecule has 2 fully saturated rings. The average molecular weight is 404 g/mol. The summed E-state index contributed by atoms with van der Waals surface area (Å²) in [5.74, 6) is 0.0929. The standard InChI is InChI=1S/C19H29N3O2.2ClH/c1-15-4-5-16(20)14-18(15)19(23)22-10-6-17(7-11-22)24-13-12-21-8-2-3-9-21;;/h4-5,14,17H,2-3,6-13,20H2,1H3;2*1H. The van der Waals surface area contributed by atoms with Crippen LogP contribution < -0.4 is 5.73 Å². The molecule has 1 amide bonds. The molecule has 26 heavy (non-hydrogen) atoms. The summed E-state index contributed by atoms with van der Waals surface area (Å²) in [6.45, 7) is 7.78. The van der Waals surface area contributed by atoms with Crippen molar-refractivity contribution in [1.29, 1.82) is 0 Å². The Morgan fingerprint density at radius 1 is 1.15 bits per heavy atom. The molecule has 1 aromatic carbocycles. The highest BCUT2D eigenvalue weighted by molar-refractivity contribution is 5.96. The normalized spacial score (nSPS) is 18.3. The largest absolute Gasteiger partial charge is 0.399 e. The molecule has 7 heteroatoms. The van der Waals surface area contributed by atoms with Crippen molar-refractivity contribution in [2.75, 3.05) is 45.1 Å². The first-order valence-corrected chi connectivity index (χ1v) is 9.13. The Morgan fingerprint density at radius 3 is 2.46 bits per heavy atom. The number of carbonyl (C=O) groups is 1. The van der Waals surface area contributed by atoms with E-state index < -0.39 is 0 Å². The van der Waals surface area contributed by atoms with Crippen molar-refractivity contribution in [3.8, 4) is 0 Å². The lowest BCUT2D eigenvalue weighted by molar-refractivity contribution is 0.00207. The number of rotatable bonds is 5. The summed E-state index contributed by atoms with van der Waals surface area (Å²) in [6.07, 6.45) is 4.78. The number of benzene rings is 1. The van der Waals surface area contributed by atoms with Crippen LogP contribution in [-0.4, -0.2) is 61.1 Å². The first-order chi connectivity index (χ1) is 11.6. The second-order valence-corrected chi connectivity index (χ2v) is 6.99. The Morgan fingerprint density at radius 2 is 1.81 bits per heavy atom. The number of halogens is 2. The molecule has 2 N–H and O–H groups in total. The van der Waals surface area contributed by atoms with E-state index in [9.17, 15) is 4.79 Å². The SMILES string of the molecule is Cc1ccc(N)cc1C(=O)N1CCC(OCCN2CCCC2)CC1.Cl.Cl. The van der Waals surface area contributed by atoms with Crippen molar-refractivity contribution in [2.24, 2.45) is 0 Å². The van der Waals surface area contributed by atoms with Crippen LogP contribution in [0.1, 0.15) is 41.6 Å². The predicted octanol–water partition coefficient (Wildman–Crippen LogP) is 3.14. The fourth-order valence-electron chi connectivity index (χ4n) is 3.62. The maximum absolute atomic E-state index is 12.7. The minimum Gasteiger partial charge on any atom is -0.399 e. The van der Waals surface area contributed by atoms with E-state index >= 15 is 0 Å². The third kappa shape index (κ3) is 6.02. The van der Waals surface area contributed by atoms with Gasteiger partial charge in [0.05, 0.1) is 12.7 Å². The summed E-state index contributed by atoms with van der Waals surface area (Å²) in [5, 5.41) is 0. The zero-order chi connectivity index (χ0) is 16.9. The van der Waals surface area contributed by atoms with Crippen LogP contribution in [-0.2, 0) is 4.74 Å². The number of likely N-dealkylation sites (tertiary alicyclic amines) is 2. The van der Waals surface area contributed by atoms with Gasteiger partial charge in [-0.15, -0.1) is 24.8 Å². The van der Waals surface area contributed by atoms with E-state index in [0.717, 1.165) is 50.2 Å². The van der Waals surface area contributed by atoms with Crippen molar-refractivity contribution in [1.82, 2.24) is 9.80 Å². The summed E-state index contributed by atoms with van der Waals surface area (Å²) in [7, 11) is 0. The van der Waals surface area contributed by atoms with Gasteiger partial charge < -0.3 is 20.3 Å². The second-order valence-electron chi connectivity index (χ2n) is 6.99. The molecule has 0 aromatic heterocycles. The Balaban J connectivity index is 0.00000169. The Hall–Kier alpha value is -1.01. The molecule has 2 aliphatic heterocycles. The van der Waals surface area contributed by atoms with E-state index in [1.165, 1.54) is 25.9 Å². The van der Waals surface area contributed by atoms with Gasteiger partial charge >= 0.3 is 0 Å². The van der Waals surface area contributed by atoms with Crippen LogP contribution in [0.5, 0.6) is 0 Å². The molecule has 0 atom stereocenters. The van der Waals surface area contributed by atoms with Crippen LogP contribution in [0.15, 0.2) is 18.2 Å². The molecule has 1 aromatic rings. The molecule has 0 spiro atoms. The molecule has 2 aliphatic rings. The summed E-state index contributed by atoms with van der Waals surface area (Å²) in [4.78, 5) is 17.1. The van der Waals surface area contributed by atoms with Crippen LogP contribution >= 0.6 is 24.8 Å². The van der Waals surface area contributed by atoms with Gasteiger partial charge in [0, 0.05) is 30.9 Å². The minimum absolute atomic E-state index is 0. The number of amides is 1. The van der Waals surface area contributed by atoms with Gasteiger partial charge in [0.2, 0.25) is 0 Å². The van der Waals surface area contributed by atoms with Gasteiger partial charge in [0.25, 0.3) is 5.91 Å². The molecule has 0 saturated carbocycles. The summed E-state index contributed by atoms with van der Waals surface area (Å²) in [5.41, 5.74) is 8.18. The fourth-order valence-corrected chi connectivity index (χ4v) is 3.62. The Labute approximate surface area is 169 Å². The Bertz CT molecular complexity index is 572. The first kappa shape index (κ1) is 23.0. The van der Waals surface area contributed by atoms with Gasteiger partial charge in [-0.3, -0.25) is 4.79 Å². The maximum atomic E-state index is 12.7. The van der Waals surface area contributed by atoms with Crippen molar-refractivity contribution in [3.05, 3.63) is 29.3 Å². The van der Waals surface area contributed by atoms with Crippen LogP contribution in [0, 0.1) is 6.92 Å². The Kier molecular flexibility index (Phi) is 9.72. The highest BCUT2D eigenvalue weighted by Crippen LogP contribution is 2.20. The number of anilines is 1. The molecule has 0 radical (unpaired) electrons. The van der Waals surface area contributed by atoms with Crippen molar-refractivity contribution < 1.29 is 9.53 Å². The number of ether oxygens (including phenoxy) is 1. The highest BCUT2D eigenvalue weighted by Gasteiger charge is 2.25. The zero-order valence-electron chi connectivity index (χ0n) is 15.5. The smallest absolute Gasteiger partial charge is 0.254 e. The monoisotopic (exact) mass is 403 g/mol. The van der Waals surface area contributed by atoms with Crippen molar-refractivity contribution in [3.63, 3.8) is 0 Å². The lowest BCUT2D eigenvalue weighted by Crippen LogP contribution is -2.41. The van der Waals surface area contributed by atoms with Gasteiger partial charge in [0.1, 0.15) is 0 Å². The van der Waals surface area contributed by atoms with E-state index in [1.54, 1.807) is 6.07 Å². The number of aryl methyl sites for hydroxylation is 1. The van der Waals surface area contributed by atoms with Crippen LogP contribution in [0.2, 0.25) is 0 Å². The van der Waals surface area contributed by atoms with Gasteiger partial charge in [-0.1, -0.05) is 6.07 Å². The molecular formula is C19H31Cl2N3O2. The van der Waals surface area contributed by atoms with Crippen LogP contribution in [0.3, 0.4) is 0 Å². The predicted molar refractivity (Wildman–Crippen MR) is 111 cm³/mol. The van der Waals surface area contributed by atoms with Crippen LogP contribution in [0.25, 0.3) is 0 Å². The van der Waals surface area contributed by atoms with Gasteiger partial charge in [-0.25, -0.2) is 0 Å². The molecule has 0 bridgehead atoms. The molecular weight excluding hydrogens is 373 g/mol. The summed E-state index contributed by atoms with van der Waals surface area (Å²) < 4.78 is 6.02. The van der Waals surface area contributed by atoms with E-state index in [2.05, 4.69) is 4.90 Å². The number of nitrogen functional groups attached to an aromatic ring is 1. The highest BCUT2D eigenvalue weighted by atomic mass is 35.5. The molecule has 0 aliphatic carbocycles.